The van der Waals surface area contributed by atoms with Crippen molar-refractivity contribution in [2.45, 2.75) is 59.4 Å². The molecule has 0 aliphatic carbocycles. The van der Waals surface area contributed by atoms with Crippen LogP contribution in [0.3, 0.4) is 0 Å². The van der Waals surface area contributed by atoms with Crippen molar-refractivity contribution in [3.05, 3.63) is 34.9 Å². The van der Waals surface area contributed by atoms with Gasteiger partial charge in [0.2, 0.25) is 0 Å². The lowest BCUT2D eigenvalue weighted by atomic mass is 10.0. The molecule has 1 aromatic rings. The van der Waals surface area contributed by atoms with Crippen LogP contribution >= 0.6 is 0 Å². The molecule has 1 aromatic carbocycles. The zero-order valence-electron chi connectivity index (χ0n) is 12.1. The van der Waals surface area contributed by atoms with E-state index >= 15 is 0 Å². The number of hydrogen-bond donors (Lipinski definition) is 1. The molecule has 1 rings (SSSR count). The predicted octanol–water partition coefficient (Wildman–Crippen LogP) is 4.01. The van der Waals surface area contributed by atoms with Crippen LogP contribution in [0.15, 0.2) is 18.2 Å². The van der Waals surface area contributed by atoms with Gasteiger partial charge in [-0.25, -0.2) is 0 Å². The van der Waals surface area contributed by atoms with Crippen molar-refractivity contribution in [2.24, 2.45) is 0 Å². The summed E-state index contributed by atoms with van der Waals surface area (Å²) in [5, 5.41) is 3.53. The summed E-state index contributed by atoms with van der Waals surface area (Å²) in [4.78, 5) is 0. The van der Waals surface area contributed by atoms with Gasteiger partial charge in [-0.15, -0.1) is 0 Å². The summed E-state index contributed by atoms with van der Waals surface area (Å²) in [7, 11) is 0. The first-order chi connectivity index (χ1) is 7.88. The van der Waals surface area contributed by atoms with E-state index in [2.05, 4.69) is 58.1 Å². The first-order valence-electron chi connectivity index (χ1n) is 6.70. The Balaban J connectivity index is 2.27. The molecule has 0 aromatic heterocycles. The standard InChI is InChI=1S/C16H27N/c1-13-9-10-15(14(2)12-13)8-6-7-11-17-16(3,4)5/h9-10,12,17H,6-8,11H2,1-5H3. The van der Waals surface area contributed by atoms with E-state index in [1.165, 1.54) is 36.0 Å². The molecule has 0 heterocycles. The summed E-state index contributed by atoms with van der Waals surface area (Å²) < 4.78 is 0. The Morgan fingerprint density at radius 3 is 2.35 bits per heavy atom. The lowest BCUT2D eigenvalue weighted by Crippen LogP contribution is -2.36. The Labute approximate surface area is 107 Å². The smallest absolute Gasteiger partial charge is 0.00965 e. The molecule has 0 amide bonds. The second kappa shape index (κ2) is 6.20. The summed E-state index contributed by atoms with van der Waals surface area (Å²) in [6.45, 7) is 12.2. The average Bonchev–Trinajstić information content (AvgIpc) is 2.18. The maximum Gasteiger partial charge on any atom is 0.00965 e. The molecule has 96 valence electrons. The van der Waals surface area contributed by atoms with E-state index in [-0.39, 0.29) is 5.54 Å². The van der Waals surface area contributed by atoms with Crippen molar-refractivity contribution in [1.29, 1.82) is 0 Å². The van der Waals surface area contributed by atoms with Gasteiger partial charge in [0.15, 0.2) is 0 Å². The maximum absolute atomic E-state index is 3.53. The van der Waals surface area contributed by atoms with Gasteiger partial charge < -0.3 is 5.32 Å². The van der Waals surface area contributed by atoms with E-state index in [9.17, 15) is 0 Å². The van der Waals surface area contributed by atoms with Crippen molar-refractivity contribution in [3.63, 3.8) is 0 Å². The Hall–Kier alpha value is -0.820. The minimum atomic E-state index is 0.250. The highest BCUT2D eigenvalue weighted by molar-refractivity contribution is 5.30. The normalized spacial score (nSPS) is 11.8. The lowest BCUT2D eigenvalue weighted by Gasteiger charge is -2.20. The predicted molar refractivity (Wildman–Crippen MR) is 76.6 cm³/mol. The Bertz CT molecular complexity index is 347. The van der Waals surface area contributed by atoms with Gasteiger partial charge in [0.05, 0.1) is 0 Å². The van der Waals surface area contributed by atoms with Crippen LogP contribution in [0.25, 0.3) is 0 Å². The van der Waals surface area contributed by atoms with Crippen LogP contribution in [0.2, 0.25) is 0 Å². The van der Waals surface area contributed by atoms with Gasteiger partial charge in [0.1, 0.15) is 0 Å². The SMILES string of the molecule is Cc1ccc(CCCCNC(C)(C)C)c(C)c1. The number of hydrogen-bond acceptors (Lipinski definition) is 1. The fraction of sp³-hybridized carbons (Fsp3) is 0.625. The average molecular weight is 233 g/mol. The Morgan fingerprint density at radius 1 is 1.06 bits per heavy atom. The van der Waals surface area contributed by atoms with Gasteiger partial charge in [0, 0.05) is 5.54 Å². The summed E-state index contributed by atoms with van der Waals surface area (Å²) in [5.74, 6) is 0. The fourth-order valence-electron chi connectivity index (χ4n) is 2.03. The highest BCUT2D eigenvalue weighted by Crippen LogP contribution is 2.13. The van der Waals surface area contributed by atoms with Crippen LogP contribution in [-0.4, -0.2) is 12.1 Å². The van der Waals surface area contributed by atoms with E-state index in [1.54, 1.807) is 0 Å². The van der Waals surface area contributed by atoms with Gasteiger partial charge in [-0.05, 0) is 71.6 Å². The van der Waals surface area contributed by atoms with Crippen LogP contribution < -0.4 is 5.32 Å². The molecule has 1 N–H and O–H groups in total. The van der Waals surface area contributed by atoms with Gasteiger partial charge in [0.25, 0.3) is 0 Å². The van der Waals surface area contributed by atoms with E-state index in [4.69, 9.17) is 0 Å². The monoisotopic (exact) mass is 233 g/mol. The third kappa shape index (κ3) is 5.88. The van der Waals surface area contributed by atoms with E-state index in [0.717, 1.165) is 6.54 Å². The van der Waals surface area contributed by atoms with E-state index in [0.29, 0.717) is 0 Å². The fourth-order valence-corrected chi connectivity index (χ4v) is 2.03. The third-order valence-electron chi connectivity index (χ3n) is 3.03. The number of benzene rings is 1. The third-order valence-corrected chi connectivity index (χ3v) is 3.03. The molecular weight excluding hydrogens is 206 g/mol. The molecular formula is C16H27N. The van der Waals surface area contributed by atoms with Gasteiger partial charge >= 0.3 is 0 Å². The highest BCUT2D eigenvalue weighted by atomic mass is 14.9. The first kappa shape index (κ1) is 14.2. The van der Waals surface area contributed by atoms with Crippen molar-refractivity contribution in [2.75, 3.05) is 6.54 Å². The Morgan fingerprint density at radius 2 is 1.76 bits per heavy atom. The van der Waals surface area contributed by atoms with Gasteiger partial charge in [-0.1, -0.05) is 23.8 Å². The molecule has 1 heteroatoms. The van der Waals surface area contributed by atoms with Crippen LogP contribution in [0.1, 0.15) is 50.3 Å². The van der Waals surface area contributed by atoms with E-state index < -0.39 is 0 Å². The van der Waals surface area contributed by atoms with Crippen LogP contribution in [-0.2, 0) is 6.42 Å². The zero-order chi connectivity index (χ0) is 12.9. The van der Waals surface area contributed by atoms with Crippen LogP contribution in [0.5, 0.6) is 0 Å². The summed E-state index contributed by atoms with van der Waals surface area (Å²) >= 11 is 0. The number of unbranched alkanes of at least 4 members (excludes halogenated alkanes) is 1. The maximum atomic E-state index is 3.53. The summed E-state index contributed by atoms with van der Waals surface area (Å²) in [6, 6.07) is 6.78. The molecule has 0 aliphatic heterocycles. The molecule has 0 radical (unpaired) electrons. The van der Waals surface area contributed by atoms with Gasteiger partial charge in [-0.2, -0.15) is 0 Å². The number of rotatable bonds is 5. The molecule has 17 heavy (non-hydrogen) atoms. The quantitative estimate of drug-likeness (QED) is 0.758. The summed E-state index contributed by atoms with van der Waals surface area (Å²) in [5.41, 5.74) is 4.56. The number of nitrogens with one attached hydrogen (secondary N) is 1. The van der Waals surface area contributed by atoms with Crippen molar-refractivity contribution >= 4 is 0 Å². The minimum Gasteiger partial charge on any atom is -0.312 e. The number of aryl methyl sites for hydroxylation is 3. The van der Waals surface area contributed by atoms with Gasteiger partial charge in [-0.3, -0.25) is 0 Å². The van der Waals surface area contributed by atoms with Crippen molar-refractivity contribution in [3.8, 4) is 0 Å². The second-order valence-corrected chi connectivity index (χ2v) is 6.06. The second-order valence-electron chi connectivity index (χ2n) is 6.06. The van der Waals surface area contributed by atoms with Crippen LogP contribution in [0.4, 0.5) is 0 Å². The van der Waals surface area contributed by atoms with E-state index in [1.807, 2.05) is 0 Å². The van der Waals surface area contributed by atoms with Crippen molar-refractivity contribution in [1.82, 2.24) is 5.32 Å². The molecule has 0 unspecified atom stereocenters. The zero-order valence-corrected chi connectivity index (χ0v) is 12.1. The first-order valence-corrected chi connectivity index (χ1v) is 6.70. The molecule has 0 fully saturated rings. The molecule has 0 aliphatic rings. The largest absolute Gasteiger partial charge is 0.312 e. The molecule has 0 saturated carbocycles. The lowest BCUT2D eigenvalue weighted by molar-refractivity contribution is 0.419. The topological polar surface area (TPSA) is 12.0 Å². The molecule has 0 atom stereocenters. The Kier molecular flexibility index (Phi) is 5.20. The summed E-state index contributed by atoms with van der Waals surface area (Å²) in [6.07, 6.45) is 3.73. The highest BCUT2D eigenvalue weighted by Gasteiger charge is 2.07. The molecule has 1 nitrogen and oxygen atoms in total. The molecule has 0 bridgehead atoms. The minimum absolute atomic E-state index is 0.250. The van der Waals surface area contributed by atoms with Crippen molar-refractivity contribution < 1.29 is 0 Å². The molecule has 0 saturated heterocycles. The van der Waals surface area contributed by atoms with Crippen LogP contribution in [0, 0.1) is 13.8 Å². The molecule has 0 spiro atoms.